The van der Waals surface area contributed by atoms with Gasteiger partial charge in [-0.05, 0) is 0 Å². The van der Waals surface area contributed by atoms with Crippen LogP contribution in [0.2, 0.25) is 24.1 Å². The second-order valence-electron chi connectivity index (χ2n) is 2.67. The normalized spacial score (nSPS) is 10.4. The van der Waals surface area contributed by atoms with Crippen molar-refractivity contribution in [2.75, 3.05) is 0 Å². The molecule has 0 saturated heterocycles. The third kappa shape index (κ3) is 11.3. The van der Waals surface area contributed by atoms with Gasteiger partial charge in [0, 0.05) is 21.1 Å². The number of hydrogen-bond acceptors (Lipinski definition) is 0. The molecule has 0 fully saturated rings. The van der Waals surface area contributed by atoms with E-state index < -0.39 is 8.07 Å². The van der Waals surface area contributed by atoms with Crippen LogP contribution >= 0.6 is 0 Å². The van der Waals surface area contributed by atoms with Gasteiger partial charge in [-0.1, -0.05) is 0 Å². The van der Waals surface area contributed by atoms with Gasteiger partial charge in [0.1, 0.15) is 0 Å². The van der Waals surface area contributed by atoms with Crippen molar-refractivity contribution in [2.24, 2.45) is 0 Å². The third-order valence-corrected chi connectivity index (χ3v) is 8.24. The van der Waals surface area contributed by atoms with Crippen molar-refractivity contribution in [3.63, 3.8) is 0 Å². The van der Waals surface area contributed by atoms with Gasteiger partial charge in [-0.2, -0.15) is 0 Å². The van der Waals surface area contributed by atoms with Crippen molar-refractivity contribution in [3.05, 3.63) is 0 Å². The van der Waals surface area contributed by atoms with Crippen LogP contribution in [-0.2, 0) is 40.9 Å². The van der Waals surface area contributed by atoms with E-state index in [4.69, 9.17) is 0 Å². The summed E-state index contributed by atoms with van der Waals surface area (Å²) in [5, 5.41) is 0. The van der Waals surface area contributed by atoms with Crippen LogP contribution in [0.15, 0.2) is 0 Å². The zero-order valence-electron chi connectivity index (χ0n) is 4.84. The van der Waals surface area contributed by atoms with Gasteiger partial charge in [-0.15, -0.1) is 0 Å². The second-order valence-corrected chi connectivity index (χ2v) is 10.4. The van der Waals surface area contributed by atoms with Gasteiger partial charge < -0.3 is 0 Å². The Bertz CT molecular complexity index is 39.4. The van der Waals surface area contributed by atoms with Crippen molar-refractivity contribution in [1.82, 2.24) is 0 Å². The SMILES string of the molecule is C[Si](C)(C)[CH2][Pt].[Pt]. The monoisotopic (exact) mass is 477 g/mol. The van der Waals surface area contributed by atoms with E-state index in [1.165, 1.54) is 4.43 Å². The Labute approximate surface area is 72.6 Å². The fraction of sp³-hybridized carbons (Fsp3) is 1.00. The molecule has 3 heteroatoms. The average molecular weight is 477 g/mol. The summed E-state index contributed by atoms with van der Waals surface area (Å²) < 4.78 is 1.38. The Morgan fingerprint density at radius 1 is 1.29 bits per heavy atom. The summed E-state index contributed by atoms with van der Waals surface area (Å²) in [5.41, 5.74) is 0. The van der Waals surface area contributed by atoms with Crippen LogP contribution < -0.4 is 0 Å². The van der Waals surface area contributed by atoms with Crippen LogP contribution in [0.5, 0.6) is 0 Å². The minimum atomic E-state index is -0.644. The van der Waals surface area contributed by atoms with E-state index in [1.807, 2.05) is 0 Å². The van der Waals surface area contributed by atoms with Crippen molar-refractivity contribution >= 4 is 8.07 Å². The van der Waals surface area contributed by atoms with Crippen molar-refractivity contribution in [2.45, 2.75) is 24.1 Å². The topological polar surface area (TPSA) is 0 Å². The summed E-state index contributed by atoms with van der Waals surface area (Å²) >= 11 is 2.44. The van der Waals surface area contributed by atoms with E-state index in [9.17, 15) is 0 Å². The standard InChI is InChI=1S/C4H11Si.2Pt/c1-5(2,3)4;;/h1H2,2-4H3;;. The molecular formula is C4H11Pt2Si. The Kier molecular flexibility index (Phi) is 7.28. The van der Waals surface area contributed by atoms with Crippen LogP contribution in [0.1, 0.15) is 0 Å². The molecule has 0 aliphatic heterocycles. The summed E-state index contributed by atoms with van der Waals surface area (Å²) in [6.07, 6.45) is 0. The summed E-state index contributed by atoms with van der Waals surface area (Å²) in [6, 6.07) is 0. The van der Waals surface area contributed by atoms with Gasteiger partial charge in [0.2, 0.25) is 0 Å². The zero-order valence-corrected chi connectivity index (χ0v) is 10.4. The first-order valence-electron chi connectivity index (χ1n) is 2.08. The number of hydrogen-bond donors (Lipinski definition) is 0. The molecule has 0 aromatic heterocycles. The molecule has 0 saturated carbocycles. The summed E-state index contributed by atoms with van der Waals surface area (Å²) in [6.45, 7) is 7.12. The maximum absolute atomic E-state index is 2.44. The maximum atomic E-state index is 2.44. The summed E-state index contributed by atoms with van der Waals surface area (Å²) in [7, 11) is -0.644. The Morgan fingerprint density at radius 2 is 1.43 bits per heavy atom. The predicted molar refractivity (Wildman–Crippen MR) is 28.2 cm³/mol. The van der Waals surface area contributed by atoms with Gasteiger partial charge in [-0.25, -0.2) is 0 Å². The molecule has 51 valence electrons. The van der Waals surface area contributed by atoms with Crippen molar-refractivity contribution in [3.8, 4) is 0 Å². The van der Waals surface area contributed by atoms with Crippen LogP contribution in [0.4, 0.5) is 0 Å². The molecule has 0 aromatic carbocycles. The molecule has 0 N–H and O–H groups in total. The molecule has 0 aliphatic rings. The molecule has 0 nitrogen and oxygen atoms in total. The Balaban J connectivity index is 0. The van der Waals surface area contributed by atoms with Crippen molar-refractivity contribution < 1.29 is 40.9 Å². The zero-order chi connectivity index (χ0) is 5.21. The Hall–Kier alpha value is 1.59. The largest absolute Gasteiger partial charge is 0 e. The molecular weight excluding hydrogens is 466 g/mol. The maximum Gasteiger partial charge on any atom is 0 e. The molecule has 0 heterocycles. The fourth-order valence-electron chi connectivity index (χ4n) is 0. The van der Waals surface area contributed by atoms with Crippen molar-refractivity contribution in [1.29, 1.82) is 0 Å². The van der Waals surface area contributed by atoms with E-state index in [0.717, 1.165) is 0 Å². The predicted octanol–water partition coefficient (Wildman–Crippen LogP) is 1.83. The minimum Gasteiger partial charge on any atom is 0 e. The van der Waals surface area contributed by atoms with Gasteiger partial charge in [0.05, 0.1) is 0 Å². The first kappa shape index (κ1) is 11.4. The van der Waals surface area contributed by atoms with Gasteiger partial charge in [0.15, 0.2) is 0 Å². The molecule has 0 rings (SSSR count). The molecule has 7 heavy (non-hydrogen) atoms. The van der Waals surface area contributed by atoms with Crippen LogP contribution in [-0.4, -0.2) is 8.07 Å². The smallest absolute Gasteiger partial charge is 0 e. The Morgan fingerprint density at radius 3 is 1.43 bits per heavy atom. The molecule has 0 spiro atoms. The van der Waals surface area contributed by atoms with Gasteiger partial charge >= 0.3 is 52.0 Å². The van der Waals surface area contributed by atoms with E-state index in [-0.39, 0.29) is 21.1 Å². The average Bonchev–Trinajstić information content (AvgIpc) is 1.35. The van der Waals surface area contributed by atoms with E-state index in [0.29, 0.717) is 0 Å². The molecule has 0 bridgehead atoms. The van der Waals surface area contributed by atoms with E-state index >= 15 is 0 Å². The van der Waals surface area contributed by atoms with E-state index in [2.05, 4.69) is 39.5 Å². The van der Waals surface area contributed by atoms with Gasteiger partial charge in [-0.3, -0.25) is 0 Å². The van der Waals surface area contributed by atoms with Crippen LogP contribution in [0.25, 0.3) is 0 Å². The molecule has 0 aromatic rings. The number of rotatable bonds is 1. The second kappa shape index (κ2) is 4.47. The minimum absolute atomic E-state index is 0. The van der Waals surface area contributed by atoms with Gasteiger partial charge in [0.25, 0.3) is 0 Å². The first-order chi connectivity index (χ1) is 2.56. The van der Waals surface area contributed by atoms with Crippen LogP contribution in [0, 0.1) is 0 Å². The molecule has 0 aliphatic carbocycles. The summed E-state index contributed by atoms with van der Waals surface area (Å²) in [5.74, 6) is 0. The molecule has 0 unspecified atom stereocenters. The summed E-state index contributed by atoms with van der Waals surface area (Å²) in [4.78, 5) is 0. The molecule has 0 atom stereocenters. The first-order valence-corrected chi connectivity index (χ1v) is 7.39. The molecule has 0 amide bonds. The molecule has 0 radical (unpaired) electrons. The van der Waals surface area contributed by atoms with E-state index in [1.54, 1.807) is 0 Å². The quantitative estimate of drug-likeness (QED) is 0.506. The van der Waals surface area contributed by atoms with Crippen LogP contribution in [0.3, 0.4) is 0 Å². The fourth-order valence-corrected chi connectivity index (χ4v) is 0. The third-order valence-electron chi connectivity index (χ3n) is 0.335.